The molecule has 1 aliphatic heterocycles. The molecule has 2 atom stereocenters. The van der Waals surface area contributed by atoms with Crippen LogP contribution >= 0.6 is 0 Å². The SMILES string of the molecule is O[C@H](CN1CCn2cccc2[C@@H]1c1ccccc1)c1cccc(F)c1. The van der Waals surface area contributed by atoms with Gasteiger partial charge in [0.05, 0.1) is 12.1 Å². The highest BCUT2D eigenvalue weighted by Gasteiger charge is 2.30. The van der Waals surface area contributed by atoms with Crippen molar-refractivity contribution in [1.29, 1.82) is 0 Å². The lowest BCUT2D eigenvalue weighted by molar-refractivity contribution is 0.0821. The van der Waals surface area contributed by atoms with Crippen molar-refractivity contribution in [3.63, 3.8) is 0 Å². The molecule has 2 heterocycles. The zero-order chi connectivity index (χ0) is 17.2. The molecule has 0 aliphatic carbocycles. The number of aliphatic hydroxyl groups is 1. The van der Waals surface area contributed by atoms with Crippen LogP contribution in [0.15, 0.2) is 72.9 Å². The molecule has 4 heteroatoms. The molecule has 0 bridgehead atoms. The van der Waals surface area contributed by atoms with Crippen LogP contribution in [-0.2, 0) is 6.54 Å². The summed E-state index contributed by atoms with van der Waals surface area (Å²) in [5.74, 6) is -0.316. The summed E-state index contributed by atoms with van der Waals surface area (Å²) in [6.07, 6.45) is 1.38. The zero-order valence-electron chi connectivity index (χ0n) is 13.9. The molecule has 0 fully saturated rings. The maximum atomic E-state index is 13.5. The number of aliphatic hydroxyl groups excluding tert-OH is 1. The Balaban J connectivity index is 1.64. The number of fused-ring (bicyclic) bond motifs is 1. The predicted molar refractivity (Wildman–Crippen MR) is 95.6 cm³/mol. The monoisotopic (exact) mass is 336 g/mol. The largest absolute Gasteiger partial charge is 0.387 e. The normalized spacial score (nSPS) is 18.7. The molecule has 0 saturated carbocycles. The third kappa shape index (κ3) is 3.23. The lowest BCUT2D eigenvalue weighted by Crippen LogP contribution is -2.40. The summed E-state index contributed by atoms with van der Waals surface area (Å²) < 4.78 is 15.7. The van der Waals surface area contributed by atoms with E-state index in [1.54, 1.807) is 12.1 Å². The highest BCUT2D eigenvalue weighted by atomic mass is 19.1. The Morgan fingerprint density at radius 2 is 1.84 bits per heavy atom. The van der Waals surface area contributed by atoms with Gasteiger partial charge in [0.25, 0.3) is 0 Å². The lowest BCUT2D eigenvalue weighted by Gasteiger charge is -2.38. The van der Waals surface area contributed by atoms with E-state index in [1.165, 1.54) is 23.4 Å². The van der Waals surface area contributed by atoms with Crippen LogP contribution in [0.1, 0.15) is 29.0 Å². The molecule has 0 spiro atoms. The topological polar surface area (TPSA) is 28.4 Å². The molecule has 0 radical (unpaired) electrons. The van der Waals surface area contributed by atoms with Crippen LogP contribution in [0.2, 0.25) is 0 Å². The minimum Gasteiger partial charge on any atom is -0.387 e. The van der Waals surface area contributed by atoms with Crippen LogP contribution in [0, 0.1) is 5.82 Å². The van der Waals surface area contributed by atoms with Crippen molar-refractivity contribution >= 4 is 0 Å². The molecule has 0 amide bonds. The fourth-order valence-electron chi connectivity index (χ4n) is 3.69. The summed E-state index contributed by atoms with van der Waals surface area (Å²) in [5.41, 5.74) is 3.05. The molecule has 2 aromatic carbocycles. The van der Waals surface area contributed by atoms with Crippen molar-refractivity contribution in [3.8, 4) is 0 Å². The highest BCUT2D eigenvalue weighted by Crippen LogP contribution is 2.33. The summed E-state index contributed by atoms with van der Waals surface area (Å²) in [7, 11) is 0. The van der Waals surface area contributed by atoms with E-state index in [0.29, 0.717) is 12.1 Å². The van der Waals surface area contributed by atoms with Crippen molar-refractivity contribution < 1.29 is 9.50 Å². The van der Waals surface area contributed by atoms with Crippen LogP contribution < -0.4 is 0 Å². The molecular weight excluding hydrogens is 315 g/mol. The average Bonchev–Trinajstić information content (AvgIpc) is 3.11. The third-order valence-corrected chi connectivity index (χ3v) is 4.89. The molecule has 1 N–H and O–H groups in total. The summed E-state index contributed by atoms with van der Waals surface area (Å²) in [6.45, 7) is 2.20. The van der Waals surface area contributed by atoms with Crippen LogP contribution in [0.25, 0.3) is 0 Å². The maximum Gasteiger partial charge on any atom is 0.123 e. The Hall–Kier alpha value is -2.43. The Bertz CT molecular complexity index is 846. The first-order valence-corrected chi connectivity index (χ1v) is 8.60. The van der Waals surface area contributed by atoms with E-state index in [0.717, 1.165) is 13.1 Å². The number of nitrogens with zero attached hydrogens (tertiary/aromatic N) is 2. The number of hydrogen-bond acceptors (Lipinski definition) is 2. The molecule has 0 unspecified atom stereocenters. The number of hydrogen-bond donors (Lipinski definition) is 1. The van der Waals surface area contributed by atoms with Gasteiger partial charge in [0.15, 0.2) is 0 Å². The Morgan fingerprint density at radius 3 is 2.64 bits per heavy atom. The molecule has 4 rings (SSSR count). The van der Waals surface area contributed by atoms with Gasteiger partial charge in [-0.2, -0.15) is 0 Å². The second-order valence-corrected chi connectivity index (χ2v) is 6.51. The van der Waals surface area contributed by atoms with E-state index in [2.05, 4.69) is 39.9 Å². The van der Waals surface area contributed by atoms with E-state index in [9.17, 15) is 9.50 Å². The Morgan fingerprint density at radius 1 is 1.00 bits per heavy atom. The minimum atomic E-state index is -0.719. The fraction of sp³-hybridized carbons (Fsp3) is 0.238. The van der Waals surface area contributed by atoms with Crippen molar-refractivity contribution in [1.82, 2.24) is 9.47 Å². The van der Waals surface area contributed by atoms with E-state index in [-0.39, 0.29) is 11.9 Å². The smallest absolute Gasteiger partial charge is 0.123 e. The van der Waals surface area contributed by atoms with Gasteiger partial charge >= 0.3 is 0 Å². The number of rotatable bonds is 4. The van der Waals surface area contributed by atoms with Crippen LogP contribution in [0.5, 0.6) is 0 Å². The Kier molecular flexibility index (Phi) is 4.38. The second kappa shape index (κ2) is 6.82. The van der Waals surface area contributed by atoms with Crippen LogP contribution in [0.4, 0.5) is 4.39 Å². The molecule has 3 aromatic rings. The van der Waals surface area contributed by atoms with E-state index in [4.69, 9.17) is 0 Å². The number of halogens is 1. The first-order chi connectivity index (χ1) is 12.2. The summed E-state index contributed by atoms with van der Waals surface area (Å²) in [5, 5.41) is 10.6. The van der Waals surface area contributed by atoms with Crippen molar-refractivity contribution in [2.75, 3.05) is 13.1 Å². The number of β-amino-alcohol motifs (C(OH)–C–C–N with tert-alkyl or cyclic N) is 1. The van der Waals surface area contributed by atoms with E-state index >= 15 is 0 Å². The molecular formula is C21H21FN2O. The van der Waals surface area contributed by atoms with Crippen molar-refractivity contribution in [3.05, 3.63) is 95.6 Å². The standard InChI is InChI=1S/C21H21FN2O/c22-18-9-4-8-17(14-18)20(25)15-24-13-12-23-11-5-10-19(23)21(24)16-6-2-1-3-7-16/h1-11,14,20-21,25H,12-13,15H2/t20-,21+/m1/s1. The number of aromatic nitrogens is 1. The first kappa shape index (κ1) is 16.1. The van der Waals surface area contributed by atoms with Gasteiger partial charge in [-0.15, -0.1) is 0 Å². The highest BCUT2D eigenvalue weighted by molar-refractivity contribution is 5.30. The number of benzene rings is 2. The summed E-state index contributed by atoms with van der Waals surface area (Å²) in [6, 6.07) is 20.9. The van der Waals surface area contributed by atoms with Gasteiger partial charge in [-0.25, -0.2) is 4.39 Å². The van der Waals surface area contributed by atoms with E-state index in [1.807, 2.05) is 18.2 Å². The average molecular weight is 336 g/mol. The van der Waals surface area contributed by atoms with Gasteiger partial charge in [-0.3, -0.25) is 4.90 Å². The van der Waals surface area contributed by atoms with Crippen molar-refractivity contribution in [2.45, 2.75) is 18.7 Å². The van der Waals surface area contributed by atoms with Gasteiger partial charge in [-0.05, 0) is 35.4 Å². The first-order valence-electron chi connectivity index (χ1n) is 8.60. The third-order valence-electron chi connectivity index (χ3n) is 4.89. The molecule has 1 aliphatic rings. The predicted octanol–water partition coefficient (Wildman–Crippen LogP) is 3.77. The molecule has 3 nitrogen and oxygen atoms in total. The lowest BCUT2D eigenvalue weighted by atomic mass is 9.98. The van der Waals surface area contributed by atoms with E-state index < -0.39 is 6.10 Å². The van der Waals surface area contributed by atoms with Gasteiger partial charge in [0, 0.05) is 31.5 Å². The van der Waals surface area contributed by atoms with Crippen molar-refractivity contribution in [2.24, 2.45) is 0 Å². The zero-order valence-corrected chi connectivity index (χ0v) is 13.9. The second-order valence-electron chi connectivity index (χ2n) is 6.51. The molecule has 128 valence electrons. The molecule has 1 aromatic heterocycles. The Labute approximate surface area is 147 Å². The summed E-state index contributed by atoms with van der Waals surface area (Å²) >= 11 is 0. The molecule has 0 saturated heterocycles. The van der Waals surface area contributed by atoms with Gasteiger partial charge < -0.3 is 9.67 Å². The van der Waals surface area contributed by atoms with Gasteiger partial charge in [0.2, 0.25) is 0 Å². The molecule has 25 heavy (non-hydrogen) atoms. The fourth-order valence-corrected chi connectivity index (χ4v) is 3.69. The maximum absolute atomic E-state index is 13.5. The quantitative estimate of drug-likeness (QED) is 0.786. The van der Waals surface area contributed by atoms with Crippen LogP contribution in [-0.4, -0.2) is 27.7 Å². The van der Waals surface area contributed by atoms with Gasteiger partial charge in [-0.1, -0.05) is 42.5 Å². The van der Waals surface area contributed by atoms with Crippen LogP contribution in [0.3, 0.4) is 0 Å². The summed E-state index contributed by atoms with van der Waals surface area (Å²) in [4.78, 5) is 2.28. The van der Waals surface area contributed by atoms with Gasteiger partial charge in [0.1, 0.15) is 5.82 Å². The minimum absolute atomic E-state index is 0.0909.